The lowest BCUT2D eigenvalue weighted by molar-refractivity contribution is -0.140. The van der Waals surface area contributed by atoms with Gasteiger partial charge in [0, 0.05) is 6.42 Å². The molecular formula is C20H35O2. The van der Waals surface area contributed by atoms with Crippen LogP contribution < -0.4 is 0 Å². The summed E-state index contributed by atoms with van der Waals surface area (Å²) in [6.07, 6.45) is 23.0. The van der Waals surface area contributed by atoms with E-state index in [1.54, 1.807) is 6.92 Å². The molecule has 0 bridgehead atoms. The van der Waals surface area contributed by atoms with Crippen LogP contribution >= 0.6 is 0 Å². The Morgan fingerprint density at radius 1 is 0.818 bits per heavy atom. The zero-order chi connectivity index (χ0) is 16.3. The molecule has 127 valence electrons. The lowest BCUT2D eigenvalue weighted by Crippen LogP contribution is -2.00. The molecule has 22 heavy (non-hydrogen) atoms. The van der Waals surface area contributed by atoms with Crippen LogP contribution in [0.5, 0.6) is 0 Å². The van der Waals surface area contributed by atoms with E-state index in [-0.39, 0.29) is 5.97 Å². The molecule has 0 atom stereocenters. The molecule has 1 radical (unpaired) electrons. The van der Waals surface area contributed by atoms with Gasteiger partial charge in [-0.2, -0.15) is 0 Å². The molecule has 0 aliphatic carbocycles. The van der Waals surface area contributed by atoms with Crippen molar-refractivity contribution in [3.63, 3.8) is 0 Å². The quantitative estimate of drug-likeness (QED) is 0.195. The molecule has 0 aromatic carbocycles. The van der Waals surface area contributed by atoms with Crippen LogP contribution in [0.4, 0.5) is 0 Å². The summed E-state index contributed by atoms with van der Waals surface area (Å²) in [5.41, 5.74) is 0. The van der Waals surface area contributed by atoms with Crippen molar-refractivity contribution in [3.8, 4) is 0 Å². The van der Waals surface area contributed by atoms with Crippen molar-refractivity contribution in [1.29, 1.82) is 0 Å². The highest BCUT2D eigenvalue weighted by Gasteiger charge is 2.00. The third kappa shape index (κ3) is 17.0. The lowest BCUT2D eigenvalue weighted by atomic mass is 10.1. The highest BCUT2D eigenvalue weighted by Crippen LogP contribution is 2.08. The maximum Gasteiger partial charge on any atom is 0.306 e. The van der Waals surface area contributed by atoms with E-state index in [1.165, 1.54) is 58.0 Å². The largest absolute Gasteiger partial charge is 0.459 e. The third-order valence-corrected chi connectivity index (χ3v) is 3.58. The number of carbonyl (C=O) groups is 1. The van der Waals surface area contributed by atoms with Crippen LogP contribution in [0.15, 0.2) is 24.3 Å². The minimum atomic E-state index is -0.104. The van der Waals surface area contributed by atoms with Crippen LogP contribution in [0.2, 0.25) is 0 Å². The summed E-state index contributed by atoms with van der Waals surface area (Å²) in [5, 5.41) is 0. The summed E-state index contributed by atoms with van der Waals surface area (Å²) in [5.74, 6) is -0.104. The Hall–Kier alpha value is -1.05. The second-order valence-corrected chi connectivity index (χ2v) is 5.71. The number of unbranched alkanes of at least 4 members (excludes halogenated alkanes) is 8. The fourth-order valence-corrected chi connectivity index (χ4v) is 2.27. The Labute approximate surface area is 138 Å². The SMILES string of the molecule is C[CH]OC(=O)CCCCCCC/C=C\C/C=C\CCCCC. The van der Waals surface area contributed by atoms with Crippen LogP contribution in [0.25, 0.3) is 0 Å². The van der Waals surface area contributed by atoms with Crippen LogP contribution in [-0.4, -0.2) is 5.97 Å². The number of esters is 1. The summed E-state index contributed by atoms with van der Waals surface area (Å²) in [6, 6.07) is 0. The first-order valence-electron chi connectivity index (χ1n) is 9.08. The minimum absolute atomic E-state index is 0.104. The van der Waals surface area contributed by atoms with E-state index in [0.717, 1.165) is 19.3 Å². The van der Waals surface area contributed by atoms with Gasteiger partial charge in [0.25, 0.3) is 0 Å². The molecule has 0 saturated heterocycles. The van der Waals surface area contributed by atoms with Crippen molar-refractivity contribution in [2.24, 2.45) is 0 Å². The highest BCUT2D eigenvalue weighted by atomic mass is 16.5. The maximum atomic E-state index is 11.1. The van der Waals surface area contributed by atoms with Crippen molar-refractivity contribution in [1.82, 2.24) is 0 Å². The van der Waals surface area contributed by atoms with Gasteiger partial charge in [-0.15, -0.1) is 0 Å². The average Bonchev–Trinajstić information content (AvgIpc) is 2.51. The number of hydrogen-bond donors (Lipinski definition) is 0. The zero-order valence-electron chi connectivity index (χ0n) is 14.7. The summed E-state index contributed by atoms with van der Waals surface area (Å²) >= 11 is 0. The van der Waals surface area contributed by atoms with E-state index in [2.05, 4.69) is 31.2 Å². The standard InChI is InChI=1S/C20H35O2/c1-3-5-6-7-8-9-10-11-12-13-14-15-16-17-18-19-20(21)22-4-2/h4,8-9,11-12H,3,5-7,10,13-19H2,1-2H3/b9-8-,12-11-. The molecule has 0 amide bonds. The van der Waals surface area contributed by atoms with Crippen molar-refractivity contribution in [2.45, 2.75) is 90.9 Å². The van der Waals surface area contributed by atoms with Gasteiger partial charge in [0.2, 0.25) is 0 Å². The normalized spacial score (nSPS) is 11.5. The van der Waals surface area contributed by atoms with Gasteiger partial charge >= 0.3 is 5.97 Å². The molecule has 2 nitrogen and oxygen atoms in total. The van der Waals surface area contributed by atoms with E-state index in [1.807, 2.05) is 0 Å². The smallest absolute Gasteiger partial charge is 0.306 e. The fraction of sp³-hybridized carbons (Fsp3) is 0.700. The Bertz CT molecular complexity index is 292. The predicted octanol–water partition coefficient (Wildman–Crippen LogP) is 6.52. The number of hydrogen-bond acceptors (Lipinski definition) is 2. The molecule has 0 saturated carbocycles. The van der Waals surface area contributed by atoms with Crippen molar-refractivity contribution >= 4 is 5.97 Å². The zero-order valence-corrected chi connectivity index (χ0v) is 14.7. The highest BCUT2D eigenvalue weighted by molar-refractivity contribution is 5.69. The molecule has 0 fully saturated rings. The second kappa shape index (κ2) is 18.0. The van der Waals surface area contributed by atoms with Gasteiger partial charge < -0.3 is 4.74 Å². The Balaban J connectivity index is 3.22. The van der Waals surface area contributed by atoms with E-state index < -0.39 is 0 Å². The topological polar surface area (TPSA) is 26.3 Å². The summed E-state index contributed by atoms with van der Waals surface area (Å²) < 4.78 is 4.78. The van der Waals surface area contributed by atoms with Crippen molar-refractivity contribution in [3.05, 3.63) is 30.9 Å². The number of ether oxygens (including phenoxy) is 1. The molecule has 0 heterocycles. The van der Waals surface area contributed by atoms with Crippen molar-refractivity contribution < 1.29 is 9.53 Å². The number of carbonyl (C=O) groups excluding carboxylic acids is 1. The minimum Gasteiger partial charge on any atom is -0.459 e. The van der Waals surface area contributed by atoms with Crippen LogP contribution in [-0.2, 0) is 9.53 Å². The van der Waals surface area contributed by atoms with Gasteiger partial charge in [0.05, 0.1) is 0 Å². The van der Waals surface area contributed by atoms with Crippen LogP contribution in [0.1, 0.15) is 90.9 Å². The number of rotatable bonds is 15. The van der Waals surface area contributed by atoms with Gasteiger partial charge in [0.15, 0.2) is 0 Å². The van der Waals surface area contributed by atoms with E-state index >= 15 is 0 Å². The van der Waals surface area contributed by atoms with Gasteiger partial charge in [-0.3, -0.25) is 4.79 Å². The fourth-order valence-electron chi connectivity index (χ4n) is 2.27. The van der Waals surface area contributed by atoms with Gasteiger partial charge in [-0.25, -0.2) is 0 Å². The summed E-state index contributed by atoms with van der Waals surface area (Å²) in [4.78, 5) is 11.1. The first kappa shape index (κ1) is 20.9. The lowest BCUT2D eigenvalue weighted by Gasteiger charge is -2.01. The third-order valence-electron chi connectivity index (χ3n) is 3.58. The van der Waals surface area contributed by atoms with Crippen LogP contribution in [0, 0.1) is 6.61 Å². The van der Waals surface area contributed by atoms with Gasteiger partial charge in [-0.05, 0) is 45.4 Å². The van der Waals surface area contributed by atoms with Crippen molar-refractivity contribution in [2.75, 3.05) is 0 Å². The molecule has 0 spiro atoms. The molecule has 0 aliphatic rings. The molecule has 2 heteroatoms. The van der Waals surface area contributed by atoms with Gasteiger partial charge in [0.1, 0.15) is 6.61 Å². The predicted molar refractivity (Wildman–Crippen MR) is 95.4 cm³/mol. The van der Waals surface area contributed by atoms with E-state index in [9.17, 15) is 4.79 Å². The Kier molecular flexibility index (Phi) is 17.1. The van der Waals surface area contributed by atoms with E-state index in [4.69, 9.17) is 4.74 Å². The van der Waals surface area contributed by atoms with Gasteiger partial charge in [-0.1, -0.05) is 63.3 Å². The molecule has 0 aromatic rings. The monoisotopic (exact) mass is 307 g/mol. The number of allylic oxidation sites excluding steroid dienone is 4. The molecule has 0 aliphatic heterocycles. The molecule has 0 aromatic heterocycles. The Morgan fingerprint density at radius 2 is 1.41 bits per heavy atom. The first-order valence-corrected chi connectivity index (χ1v) is 9.08. The Morgan fingerprint density at radius 3 is 2.05 bits per heavy atom. The van der Waals surface area contributed by atoms with E-state index in [0.29, 0.717) is 6.42 Å². The average molecular weight is 307 g/mol. The second-order valence-electron chi connectivity index (χ2n) is 5.71. The maximum absolute atomic E-state index is 11.1. The summed E-state index contributed by atoms with van der Waals surface area (Å²) in [7, 11) is 0. The molecule has 0 unspecified atom stereocenters. The molecule has 0 rings (SSSR count). The van der Waals surface area contributed by atoms with Crippen LogP contribution in [0.3, 0.4) is 0 Å². The molecular weight excluding hydrogens is 272 g/mol. The first-order chi connectivity index (χ1) is 10.8. The summed E-state index contributed by atoms with van der Waals surface area (Å²) in [6.45, 7) is 5.42. The molecule has 0 N–H and O–H groups in total.